The van der Waals surface area contributed by atoms with Crippen LogP contribution in [-0.4, -0.2) is 40.8 Å². The molecule has 0 spiro atoms. The van der Waals surface area contributed by atoms with Gasteiger partial charge in [0.25, 0.3) is 0 Å². The first-order chi connectivity index (χ1) is 14.7. The second-order valence-corrected chi connectivity index (χ2v) is 8.13. The Bertz CT molecular complexity index is 944. The van der Waals surface area contributed by atoms with Gasteiger partial charge in [0.05, 0.1) is 25.4 Å². The summed E-state index contributed by atoms with van der Waals surface area (Å²) in [4.78, 5) is 31.8. The zero-order valence-electron chi connectivity index (χ0n) is 16.5. The van der Waals surface area contributed by atoms with E-state index in [0.717, 1.165) is 30.0 Å². The van der Waals surface area contributed by atoms with Crippen molar-refractivity contribution in [2.24, 2.45) is 0 Å². The number of hydrogen-bond donors (Lipinski definition) is 2. The van der Waals surface area contributed by atoms with Crippen LogP contribution in [0.5, 0.6) is 0 Å². The molecule has 30 heavy (non-hydrogen) atoms. The molecule has 1 aliphatic rings. The number of nitrogens with one attached hydrogen (secondary N) is 2. The number of thiazole rings is 1. The predicted octanol–water partition coefficient (Wildman–Crippen LogP) is 2.72. The smallest absolute Gasteiger partial charge is 0.237 e. The van der Waals surface area contributed by atoms with Crippen molar-refractivity contribution in [3.63, 3.8) is 0 Å². The minimum absolute atomic E-state index is 0.0729. The van der Waals surface area contributed by atoms with E-state index in [0.29, 0.717) is 12.3 Å². The summed E-state index contributed by atoms with van der Waals surface area (Å²) in [6.07, 6.45) is 4.95. The zero-order valence-corrected chi connectivity index (χ0v) is 17.3. The predicted molar refractivity (Wildman–Crippen MR) is 114 cm³/mol. The third-order valence-corrected chi connectivity index (χ3v) is 6.01. The van der Waals surface area contributed by atoms with E-state index in [1.165, 1.54) is 11.3 Å². The van der Waals surface area contributed by atoms with Crippen molar-refractivity contribution in [3.8, 4) is 0 Å². The summed E-state index contributed by atoms with van der Waals surface area (Å²) in [6, 6.07) is 12.8. The Balaban J connectivity index is 1.37. The van der Waals surface area contributed by atoms with E-state index in [1.807, 2.05) is 46.7 Å². The molecule has 0 aliphatic carbocycles. The number of likely N-dealkylation sites (tertiary alicyclic amines) is 1. The van der Waals surface area contributed by atoms with Crippen molar-refractivity contribution in [1.82, 2.24) is 20.5 Å². The summed E-state index contributed by atoms with van der Waals surface area (Å²) in [5.41, 5.74) is 0.981. The maximum Gasteiger partial charge on any atom is 0.237 e. The molecule has 0 saturated carbocycles. The molecule has 1 aromatic carbocycles. The van der Waals surface area contributed by atoms with Gasteiger partial charge in [-0.05, 0) is 37.1 Å². The summed E-state index contributed by atoms with van der Waals surface area (Å²) in [5, 5.41) is 8.74. The highest BCUT2D eigenvalue weighted by Gasteiger charge is 2.32. The van der Waals surface area contributed by atoms with Crippen LogP contribution < -0.4 is 10.6 Å². The maximum atomic E-state index is 12.9. The maximum absolute atomic E-state index is 12.9. The van der Waals surface area contributed by atoms with E-state index in [1.54, 1.807) is 18.5 Å². The SMILES string of the molecule is O=C(CN1CCCC1C(=O)NCc1ccco1)NC(c1ccccc1)c1nccs1. The van der Waals surface area contributed by atoms with Crippen molar-refractivity contribution in [1.29, 1.82) is 0 Å². The molecular weight excluding hydrogens is 400 g/mol. The second kappa shape index (κ2) is 9.69. The normalized spacial score (nSPS) is 17.5. The minimum Gasteiger partial charge on any atom is -0.467 e. The largest absolute Gasteiger partial charge is 0.467 e. The van der Waals surface area contributed by atoms with Crippen LogP contribution in [0.1, 0.15) is 35.2 Å². The lowest BCUT2D eigenvalue weighted by molar-refractivity contribution is -0.128. The molecule has 7 nitrogen and oxygen atoms in total. The Morgan fingerprint density at radius 3 is 2.83 bits per heavy atom. The molecule has 0 bridgehead atoms. The number of hydrogen-bond acceptors (Lipinski definition) is 6. The summed E-state index contributed by atoms with van der Waals surface area (Å²) in [7, 11) is 0. The van der Waals surface area contributed by atoms with Gasteiger partial charge in [0.1, 0.15) is 16.8 Å². The van der Waals surface area contributed by atoms with Crippen molar-refractivity contribution >= 4 is 23.2 Å². The average Bonchev–Trinajstić information content (AvgIpc) is 3.54. The first-order valence-corrected chi connectivity index (χ1v) is 10.9. The molecule has 2 atom stereocenters. The molecule has 4 rings (SSSR count). The number of nitrogens with zero attached hydrogens (tertiary/aromatic N) is 2. The highest BCUT2D eigenvalue weighted by atomic mass is 32.1. The summed E-state index contributed by atoms with van der Waals surface area (Å²) >= 11 is 1.51. The Labute approximate surface area is 179 Å². The fourth-order valence-electron chi connectivity index (χ4n) is 3.72. The van der Waals surface area contributed by atoms with Gasteiger partial charge < -0.3 is 15.1 Å². The van der Waals surface area contributed by atoms with Gasteiger partial charge in [-0.15, -0.1) is 11.3 Å². The Hall–Kier alpha value is -2.97. The topological polar surface area (TPSA) is 87.5 Å². The molecule has 2 amide bonds. The molecule has 1 fully saturated rings. The lowest BCUT2D eigenvalue weighted by Crippen LogP contribution is -2.47. The zero-order chi connectivity index (χ0) is 20.8. The molecule has 2 N–H and O–H groups in total. The van der Waals surface area contributed by atoms with Gasteiger partial charge in [0, 0.05) is 11.6 Å². The molecule has 8 heteroatoms. The molecule has 3 aromatic rings. The minimum atomic E-state index is -0.305. The van der Waals surface area contributed by atoms with Gasteiger partial charge in [0.15, 0.2) is 0 Å². The van der Waals surface area contributed by atoms with Gasteiger partial charge in [-0.2, -0.15) is 0 Å². The molecule has 156 valence electrons. The van der Waals surface area contributed by atoms with E-state index in [9.17, 15) is 9.59 Å². The number of carbonyl (C=O) groups excluding carboxylic acids is 2. The van der Waals surface area contributed by atoms with E-state index in [4.69, 9.17) is 4.42 Å². The monoisotopic (exact) mass is 424 g/mol. The fraction of sp³-hybridized carbons (Fsp3) is 0.318. The van der Waals surface area contributed by atoms with E-state index >= 15 is 0 Å². The Morgan fingerprint density at radius 1 is 1.23 bits per heavy atom. The fourth-order valence-corrected chi connectivity index (χ4v) is 4.43. The third kappa shape index (κ3) is 4.95. The van der Waals surface area contributed by atoms with Crippen LogP contribution in [-0.2, 0) is 16.1 Å². The van der Waals surface area contributed by atoms with E-state index < -0.39 is 0 Å². The van der Waals surface area contributed by atoms with Gasteiger partial charge in [-0.1, -0.05) is 30.3 Å². The van der Waals surface area contributed by atoms with E-state index in [2.05, 4.69) is 15.6 Å². The lowest BCUT2D eigenvalue weighted by Gasteiger charge is -2.24. The number of benzene rings is 1. The number of aromatic nitrogens is 1. The van der Waals surface area contributed by atoms with Crippen LogP contribution in [0.15, 0.2) is 64.7 Å². The van der Waals surface area contributed by atoms with Crippen LogP contribution in [0.2, 0.25) is 0 Å². The van der Waals surface area contributed by atoms with Crippen molar-refractivity contribution < 1.29 is 14.0 Å². The molecule has 1 saturated heterocycles. The quantitative estimate of drug-likeness (QED) is 0.581. The number of carbonyl (C=O) groups is 2. The lowest BCUT2D eigenvalue weighted by atomic mass is 10.1. The van der Waals surface area contributed by atoms with Gasteiger partial charge in [0.2, 0.25) is 11.8 Å². The van der Waals surface area contributed by atoms with Crippen molar-refractivity contribution in [2.45, 2.75) is 31.5 Å². The van der Waals surface area contributed by atoms with Crippen LogP contribution in [0.25, 0.3) is 0 Å². The van der Waals surface area contributed by atoms with Crippen LogP contribution >= 0.6 is 11.3 Å². The first kappa shape index (κ1) is 20.3. The molecular formula is C22H24N4O3S. The summed E-state index contributed by atoms with van der Waals surface area (Å²) < 4.78 is 5.26. The average molecular weight is 425 g/mol. The Morgan fingerprint density at radius 2 is 2.10 bits per heavy atom. The van der Waals surface area contributed by atoms with Crippen molar-refractivity contribution in [2.75, 3.05) is 13.1 Å². The number of furan rings is 1. The van der Waals surface area contributed by atoms with Gasteiger partial charge in [-0.25, -0.2) is 4.98 Å². The van der Waals surface area contributed by atoms with Crippen LogP contribution in [0, 0.1) is 0 Å². The summed E-state index contributed by atoms with van der Waals surface area (Å²) in [5.74, 6) is 0.515. The van der Waals surface area contributed by atoms with Gasteiger partial charge >= 0.3 is 0 Å². The highest BCUT2D eigenvalue weighted by Crippen LogP contribution is 2.24. The standard InChI is InChI=1S/C22H24N4O3S/c27-19(25-20(22-23-10-13-30-22)16-6-2-1-3-7-16)15-26-11-4-9-18(26)21(28)24-14-17-8-5-12-29-17/h1-3,5-8,10,12-13,18,20H,4,9,11,14-15H2,(H,24,28)(H,25,27). The number of amides is 2. The Kier molecular flexibility index (Phi) is 6.56. The highest BCUT2D eigenvalue weighted by molar-refractivity contribution is 7.09. The summed E-state index contributed by atoms with van der Waals surface area (Å²) in [6.45, 7) is 1.25. The van der Waals surface area contributed by atoms with Gasteiger partial charge in [-0.3, -0.25) is 14.5 Å². The number of rotatable bonds is 8. The first-order valence-electron chi connectivity index (χ1n) is 9.98. The molecule has 2 aromatic heterocycles. The molecule has 0 radical (unpaired) electrons. The van der Waals surface area contributed by atoms with E-state index in [-0.39, 0.29) is 30.4 Å². The second-order valence-electron chi connectivity index (χ2n) is 7.21. The van der Waals surface area contributed by atoms with Crippen molar-refractivity contribution in [3.05, 3.63) is 76.6 Å². The third-order valence-electron chi connectivity index (χ3n) is 5.17. The van der Waals surface area contributed by atoms with Crippen LogP contribution in [0.4, 0.5) is 0 Å². The molecule has 3 heterocycles. The molecule has 1 aliphatic heterocycles. The van der Waals surface area contributed by atoms with Crippen LogP contribution in [0.3, 0.4) is 0 Å². The molecule has 2 unspecified atom stereocenters.